The van der Waals surface area contributed by atoms with E-state index in [-0.39, 0.29) is 5.91 Å². The lowest BCUT2D eigenvalue weighted by molar-refractivity contribution is -0.122. The molecule has 1 atom stereocenters. The Hall–Kier alpha value is -2.14. The first-order valence-electron chi connectivity index (χ1n) is 6.22. The summed E-state index contributed by atoms with van der Waals surface area (Å²) in [4.78, 5) is 15.5. The SMILES string of the molecule is C[C@@H](N)C(=O)NCc1ccccc1Cn1ccnc1. The first-order chi connectivity index (χ1) is 9.16. The summed E-state index contributed by atoms with van der Waals surface area (Å²) in [5.41, 5.74) is 7.77. The average Bonchev–Trinajstić information content (AvgIpc) is 2.90. The highest BCUT2D eigenvalue weighted by Crippen LogP contribution is 2.10. The Labute approximate surface area is 112 Å². The van der Waals surface area contributed by atoms with Crippen LogP contribution in [0.4, 0.5) is 0 Å². The van der Waals surface area contributed by atoms with Gasteiger partial charge in [-0.2, -0.15) is 0 Å². The lowest BCUT2D eigenvalue weighted by atomic mass is 10.1. The van der Waals surface area contributed by atoms with Crippen LogP contribution in [0.1, 0.15) is 18.1 Å². The molecule has 0 aliphatic rings. The van der Waals surface area contributed by atoms with Crippen LogP contribution in [0.25, 0.3) is 0 Å². The molecule has 5 nitrogen and oxygen atoms in total. The Kier molecular flexibility index (Phi) is 4.30. The fourth-order valence-corrected chi connectivity index (χ4v) is 1.80. The molecule has 1 amide bonds. The number of aromatic nitrogens is 2. The van der Waals surface area contributed by atoms with Gasteiger partial charge in [-0.15, -0.1) is 0 Å². The number of rotatable bonds is 5. The van der Waals surface area contributed by atoms with Gasteiger partial charge in [0.2, 0.25) is 5.91 Å². The molecule has 3 N–H and O–H groups in total. The molecule has 0 aliphatic carbocycles. The van der Waals surface area contributed by atoms with Gasteiger partial charge < -0.3 is 15.6 Å². The maximum absolute atomic E-state index is 11.5. The van der Waals surface area contributed by atoms with Crippen LogP contribution >= 0.6 is 0 Å². The predicted octanol–water partition coefficient (Wildman–Crippen LogP) is 0.895. The van der Waals surface area contributed by atoms with Gasteiger partial charge in [-0.1, -0.05) is 24.3 Å². The number of nitrogens with zero attached hydrogens (tertiary/aromatic N) is 2. The molecule has 1 aromatic carbocycles. The molecule has 0 spiro atoms. The zero-order chi connectivity index (χ0) is 13.7. The number of carbonyl (C=O) groups excluding carboxylic acids is 1. The number of nitrogens with two attached hydrogens (primary N) is 1. The molecule has 1 heterocycles. The molecule has 0 radical (unpaired) electrons. The third-order valence-corrected chi connectivity index (χ3v) is 2.90. The highest BCUT2D eigenvalue weighted by molar-refractivity contribution is 5.80. The highest BCUT2D eigenvalue weighted by Gasteiger charge is 2.08. The molecule has 0 saturated carbocycles. The Balaban J connectivity index is 2.06. The van der Waals surface area contributed by atoms with Gasteiger partial charge in [-0.25, -0.2) is 4.98 Å². The van der Waals surface area contributed by atoms with E-state index in [9.17, 15) is 4.79 Å². The molecule has 5 heteroatoms. The number of hydrogen-bond donors (Lipinski definition) is 2. The van der Waals surface area contributed by atoms with Crippen molar-refractivity contribution in [3.05, 3.63) is 54.1 Å². The van der Waals surface area contributed by atoms with Crippen molar-refractivity contribution in [2.24, 2.45) is 5.73 Å². The van der Waals surface area contributed by atoms with Crippen LogP contribution in [0.5, 0.6) is 0 Å². The monoisotopic (exact) mass is 258 g/mol. The molecule has 0 aliphatic heterocycles. The average molecular weight is 258 g/mol. The maximum atomic E-state index is 11.5. The summed E-state index contributed by atoms with van der Waals surface area (Å²) in [5.74, 6) is -0.141. The van der Waals surface area contributed by atoms with Crippen LogP contribution in [0.2, 0.25) is 0 Å². The Morgan fingerprint density at radius 1 is 1.42 bits per heavy atom. The standard InChI is InChI=1S/C14H18N4O/c1-11(15)14(19)17-8-12-4-2-3-5-13(12)9-18-7-6-16-10-18/h2-7,10-11H,8-9,15H2,1H3,(H,17,19)/t11-/m1/s1. The van der Waals surface area contributed by atoms with Gasteiger partial charge in [-0.3, -0.25) is 4.79 Å². The minimum Gasteiger partial charge on any atom is -0.351 e. The molecule has 1 aromatic heterocycles. The Morgan fingerprint density at radius 3 is 2.79 bits per heavy atom. The van der Waals surface area contributed by atoms with E-state index < -0.39 is 6.04 Å². The third-order valence-electron chi connectivity index (χ3n) is 2.90. The lowest BCUT2D eigenvalue weighted by Crippen LogP contribution is -2.38. The quantitative estimate of drug-likeness (QED) is 0.836. The summed E-state index contributed by atoms with van der Waals surface area (Å²) >= 11 is 0. The van der Waals surface area contributed by atoms with Crippen LogP contribution in [0, 0.1) is 0 Å². The first-order valence-corrected chi connectivity index (χ1v) is 6.22. The topological polar surface area (TPSA) is 72.9 Å². The largest absolute Gasteiger partial charge is 0.351 e. The van der Waals surface area contributed by atoms with Gasteiger partial charge in [0.05, 0.1) is 12.4 Å². The summed E-state index contributed by atoms with van der Waals surface area (Å²) in [5, 5.41) is 2.83. The third kappa shape index (κ3) is 3.66. The molecule has 0 saturated heterocycles. The Morgan fingerprint density at radius 2 is 2.16 bits per heavy atom. The minimum atomic E-state index is -0.485. The number of benzene rings is 1. The van der Waals surface area contributed by atoms with Crippen LogP contribution in [-0.2, 0) is 17.9 Å². The van der Waals surface area contributed by atoms with Crippen molar-refractivity contribution >= 4 is 5.91 Å². The van der Waals surface area contributed by atoms with Crippen LogP contribution < -0.4 is 11.1 Å². The van der Waals surface area contributed by atoms with Gasteiger partial charge in [-0.05, 0) is 18.1 Å². The molecule has 2 aromatic rings. The van der Waals surface area contributed by atoms with Crippen molar-refractivity contribution in [2.45, 2.75) is 26.1 Å². The van der Waals surface area contributed by atoms with Crippen molar-refractivity contribution in [3.8, 4) is 0 Å². The molecular formula is C14H18N4O. The van der Waals surface area contributed by atoms with Crippen molar-refractivity contribution in [3.63, 3.8) is 0 Å². The first kappa shape index (κ1) is 13.3. The summed E-state index contributed by atoms with van der Waals surface area (Å²) in [6.45, 7) is 2.90. The number of nitrogens with one attached hydrogen (secondary N) is 1. The van der Waals surface area contributed by atoms with E-state index in [1.54, 1.807) is 19.4 Å². The van der Waals surface area contributed by atoms with E-state index in [0.29, 0.717) is 6.54 Å². The zero-order valence-electron chi connectivity index (χ0n) is 10.9. The fraction of sp³-hybridized carbons (Fsp3) is 0.286. The van der Waals surface area contributed by atoms with Gasteiger partial charge >= 0.3 is 0 Å². The molecule has 0 unspecified atom stereocenters. The molecule has 0 bridgehead atoms. The van der Waals surface area contributed by atoms with E-state index in [2.05, 4.69) is 10.3 Å². The van der Waals surface area contributed by atoms with Crippen LogP contribution in [-0.4, -0.2) is 21.5 Å². The second kappa shape index (κ2) is 6.15. The number of amides is 1. The normalized spacial score (nSPS) is 12.1. The molecule has 100 valence electrons. The summed E-state index contributed by atoms with van der Waals surface area (Å²) in [7, 11) is 0. The van der Waals surface area contributed by atoms with E-state index >= 15 is 0 Å². The second-order valence-corrected chi connectivity index (χ2v) is 4.51. The predicted molar refractivity (Wildman–Crippen MR) is 73.3 cm³/mol. The molecule has 2 rings (SSSR count). The van der Waals surface area contributed by atoms with E-state index in [1.807, 2.05) is 35.0 Å². The van der Waals surface area contributed by atoms with E-state index in [0.717, 1.165) is 17.7 Å². The van der Waals surface area contributed by atoms with Gasteiger partial charge in [0.15, 0.2) is 0 Å². The van der Waals surface area contributed by atoms with Crippen molar-refractivity contribution in [1.29, 1.82) is 0 Å². The highest BCUT2D eigenvalue weighted by atomic mass is 16.2. The molecule has 19 heavy (non-hydrogen) atoms. The Bertz CT molecular complexity index is 534. The fourth-order valence-electron chi connectivity index (χ4n) is 1.80. The van der Waals surface area contributed by atoms with E-state index in [1.165, 1.54) is 0 Å². The number of imidazole rings is 1. The van der Waals surface area contributed by atoms with Crippen molar-refractivity contribution in [1.82, 2.24) is 14.9 Å². The minimum absolute atomic E-state index is 0.141. The lowest BCUT2D eigenvalue weighted by Gasteiger charge is -2.12. The van der Waals surface area contributed by atoms with Crippen molar-refractivity contribution < 1.29 is 4.79 Å². The van der Waals surface area contributed by atoms with Crippen molar-refractivity contribution in [2.75, 3.05) is 0 Å². The van der Waals surface area contributed by atoms with Crippen LogP contribution in [0.3, 0.4) is 0 Å². The van der Waals surface area contributed by atoms with Gasteiger partial charge in [0.1, 0.15) is 0 Å². The number of hydrogen-bond acceptors (Lipinski definition) is 3. The zero-order valence-corrected chi connectivity index (χ0v) is 10.9. The summed E-state index contributed by atoms with van der Waals surface area (Å²) in [6, 6.07) is 7.52. The maximum Gasteiger partial charge on any atom is 0.236 e. The molecule has 0 fully saturated rings. The van der Waals surface area contributed by atoms with Crippen LogP contribution in [0.15, 0.2) is 43.0 Å². The summed E-state index contributed by atoms with van der Waals surface area (Å²) in [6.07, 6.45) is 5.44. The second-order valence-electron chi connectivity index (χ2n) is 4.51. The number of carbonyl (C=O) groups is 1. The molecular weight excluding hydrogens is 240 g/mol. The smallest absolute Gasteiger partial charge is 0.236 e. The van der Waals surface area contributed by atoms with E-state index in [4.69, 9.17) is 5.73 Å². The van der Waals surface area contributed by atoms with Gasteiger partial charge in [0.25, 0.3) is 0 Å². The summed E-state index contributed by atoms with van der Waals surface area (Å²) < 4.78 is 1.99. The van der Waals surface area contributed by atoms with Gasteiger partial charge in [0, 0.05) is 25.5 Å².